The maximum atomic E-state index is 12.1. The zero-order valence-corrected chi connectivity index (χ0v) is 12.6. The fourth-order valence-electron chi connectivity index (χ4n) is 2.10. The third kappa shape index (κ3) is 4.05. The molecule has 1 amide bonds. The fourth-order valence-corrected chi connectivity index (χ4v) is 2.10. The van der Waals surface area contributed by atoms with Crippen molar-refractivity contribution >= 4 is 5.91 Å². The number of rotatable bonds is 5. The van der Waals surface area contributed by atoms with Crippen LogP contribution in [0.5, 0.6) is 5.75 Å². The normalized spacial score (nSPS) is 10.2. The summed E-state index contributed by atoms with van der Waals surface area (Å²) in [6, 6.07) is 9.62. The van der Waals surface area contributed by atoms with E-state index < -0.39 is 0 Å². The summed E-state index contributed by atoms with van der Waals surface area (Å²) in [5.74, 6) is 0.716. The quantitative estimate of drug-likeness (QED) is 0.918. The van der Waals surface area contributed by atoms with Crippen molar-refractivity contribution in [1.82, 2.24) is 10.3 Å². The number of nitrogens with one attached hydrogen (secondary N) is 1. The van der Waals surface area contributed by atoms with Crippen LogP contribution in [-0.2, 0) is 17.8 Å². The first-order valence-electron chi connectivity index (χ1n) is 6.91. The molecule has 1 aromatic carbocycles. The lowest BCUT2D eigenvalue weighted by atomic mass is 10.0. The van der Waals surface area contributed by atoms with E-state index in [2.05, 4.69) is 10.3 Å². The second-order valence-corrected chi connectivity index (χ2v) is 5.02. The third-order valence-corrected chi connectivity index (χ3v) is 3.44. The first kappa shape index (κ1) is 15.0. The molecule has 21 heavy (non-hydrogen) atoms. The van der Waals surface area contributed by atoms with Crippen LogP contribution in [0.3, 0.4) is 0 Å². The lowest BCUT2D eigenvalue weighted by molar-refractivity contribution is -0.120. The lowest BCUT2D eigenvalue weighted by Gasteiger charge is -2.12. The van der Waals surface area contributed by atoms with E-state index in [1.807, 2.05) is 44.2 Å². The van der Waals surface area contributed by atoms with Crippen LogP contribution in [0.4, 0.5) is 0 Å². The van der Waals surface area contributed by atoms with Gasteiger partial charge in [-0.15, -0.1) is 0 Å². The molecule has 1 aromatic heterocycles. The SMILES string of the molecule is COc1cc(C)c(C)cc1CC(=O)NCc1ccccn1. The molecule has 0 saturated heterocycles. The van der Waals surface area contributed by atoms with Gasteiger partial charge in [0.05, 0.1) is 25.8 Å². The highest BCUT2D eigenvalue weighted by Gasteiger charge is 2.10. The van der Waals surface area contributed by atoms with Crippen molar-refractivity contribution < 1.29 is 9.53 Å². The largest absolute Gasteiger partial charge is 0.496 e. The Hall–Kier alpha value is -2.36. The monoisotopic (exact) mass is 284 g/mol. The van der Waals surface area contributed by atoms with E-state index in [1.54, 1.807) is 13.3 Å². The van der Waals surface area contributed by atoms with Crippen LogP contribution in [0, 0.1) is 13.8 Å². The molecular formula is C17H20N2O2. The number of aromatic nitrogens is 1. The molecule has 0 radical (unpaired) electrons. The molecule has 0 aliphatic rings. The van der Waals surface area contributed by atoms with Crippen molar-refractivity contribution in [1.29, 1.82) is 0 Å². The molecule has 0 aliphatic heterocycles. The first-order valence-corrected chi connectivity index (χ1v) is 6.91. The zero-order valence-electron chi connectivity index (χ0n) is 12.6. The van der Waals surface area contributed by atoms with Crippen LogP contribution in [0.2, 0.25) is 0 Å². The zero-order chi connectivity index (χ0) is 15.2. The summed E-state index contributed by atoms with van der Waals surface area (Å²) in [6.07, 6.45) is 2.02. The number of ether oxygens (including phenoxy) is 1. The summed E-state index contributed by atoms with van der Waals surface area (Å²) >= 11 is 0. The average molecular weight is 284 g/mol. The molecule has 0 spiro atoms. The number of pyridine rings is 1. The van der Waals surface area contributed by atoms with Crippen molar-refractivity contribution in [2.45, 2.75) is 26.8 Å². The standard InChI is InChI=1S/C17H20N2O2/c1-12-8-14(16(21-3)9-13(12)2)10-17(20)19-11-15-6-4-5-7-18-15/h4-9H,10-11H2,1-3H3,(H,19,20). The van der Waals surface area contributed by atoms with Crippen LogP contribution in [0.15, 0.2) is 36.5 Å². The molecule has 0 bridgehead atoms. The van der Waals surface area contributed by atoms with Gasteiger partial charge in [-0.2, -0.15) is 0 Å². The molecule has 0 atom stereocenters. The molecule has 0 unspecified atom stereocenters. The molecule has 1 heterocycles. The predicted octanol–water partition coefficient (Wildman–Crippen LogP) is 2.57. The van der Waals surface area contributed by atoms with Crippen LogP contribution in [-0.4, -0.2) is 18.0 Å². The summed E-state index contributed by atoms with van der Waals surface area (Å²) < 4.78 is 5.35. The van der Waals surface area contributed by atoms with E-state index in [9.17, 15) is 4.79 Å². The van der Waals surface area contributed by atoms with Crippen LogP contribution in [0.1, 0.15) is 22.4 Å². The Bertz CT molecular complexity index is 624. The molecule has 4 heteroatoms. The summed E-state index contributed by atoms with van der Waals surface area (Å²) in [5, 5.41) is 2.88. The highest BCUT2D eigenvalue weighted by Crippen LogP contribution is 2.23. The first-order chi connectivity index (χ1) is 10.1. The highest BCUT2D eigenvalue weighted by molar-refractivity contribution is 5.79. The topological polar surface area (TPSA) is 51.2 Å². The maximum absolute atomic E-state index is 12.1. The number of methoxy groups -OCH3 is 1. The fraction of sp³-hybridized carbons (Fsp3) is 0.294. The maximum Gasteiger partial charge on any atom is 0.224 e. The summed E-state index contributed by atoms with van der Waals surface area (Å²) in [5.41, 5.74) is 4.06. The number of hydrogen-bond donors (Lipinski definition) is 1. The Morgan fingerprint density at radius 3 is 2.67 bits per heavy atom. The Morgan fingerprint density at radius 2 is 2.00 bits per heavy atom. The smallest absolute Gasteiger partial charge is 0.224 e. The number of hydrogen-bond acceptors (Lipinski definition) is 3. The van der Waals surface area contributed by atoms with E-state index in [-0.39, 0.29) is 5.91 Å². The molecule has 0 fully saturated rings. The second kappa shape index (κ2) is 6.88. The summed E-state index contributed by atoms with van der Waals surface area (Å²) in [4.78, 5) is 16.2. The molecule has 2 aromatic rings. The average Bonchev–Trinajstić information content (AvgIpc) is 2.49. The predicted molar refractivity (Wildman–Crippen MR) is 82.3 cm³/mol. The molecule has 0 aliphatic carbocycles. The van der Waals surface area contributed by atoms with E-state index in [0.29, 0.717) is 13.0 Å². The van der Waals surface area contributed by atoms with E-state index in [0.717, 1.165) is 28.1 Å². The summed E-state index contributed by atoms with van der Waals surface area (Å²) in [6.45, 7) is 4.50. The number of carbonyl (C=O) groups excluding carboxylic acids is 1. The van der Waals surface area contributed by atoms with Gasteiger partial charge in [-0.3, -0.25) is 9.78 Å². The van der Waals surface area contributed by atoms with Crippen molar-refractivity contribution in [3.63, 3.8) is 0 Å². The molecule has 1 N–H and O–H groups in total. The minimum atomic E-state index is -0.0396. The van der Waals surface area contributed by atoms with Gasteiger partial charge >= 0.3 is 0 Å². The van der Waals surface area contributed by atoms with Crippen LogP contribution in [0.25, 0.3) is 0 Å². The second-order valence-electron chi connectivity index (χ2n) is 5.02. The van der Waals surface area contributed by atoms with Crippen molar-refractivity contribution in [3.8, 4) is 5.75 Å². The Kier molecular flexibility index (Phi) is 4.93. The number of benzene rings is 1. The van der Waals surface area contributed by atoms with Gasteiger partial charge in [0.15, 0.2) is 0 Å². The molecule has 0 saturated carbocycles. The van der Waals surface area contributed by atoms with Crippen molar-refractivity contribution in [2.75, 3.05) is 7.11 Å². The minimum Gasteiger partial charge on any atom is -0.496 e. The van der Waals surface area contributed by atoms with E-state index in [1.165, 1.54) is 0 Å². The van der Waals surface area contributed by atoms with Crippen LogP contribution >= 0.6 is 0 Å². The van der Waals surface area contributed by atoms with Gasteiger partial charge in [0.25, 0.3) is 0 Å². The molecule has 2 rings (SSSR count). The third-order valence-electron chi connectivity index (χ3n) is 3.44. The van der Waals surface area contributed by atoms with E-state index >= 15 is 0 Å². The van der Waals surface area contributed by atoms with Crippen LogP contribution < -0.4 is 10.1 Å². The van der Waals surface area contributed by atoms with Gasteiger partial charge in [-0.1, -0.05) is 12.1 Å². The highest BCUT2D eigenvalue weighted by atomic mass is 16.5. The van der Waals surface area contributed by atoms with Gasteiger partial charge in [-0.05, 0) is 43.2 Å². The molecule has 4 nitrogen and oxygen atoms in total. The van der Waals surface area contributed by atoms with Gasteiger partial charge in [0.2, 0.25) is 5.91 Å². The Balaban J connectivity index is 2.01. The Morgan fingerprint density at radius 1 is 1.24 bits per heavy atom. The lowest BCUT2D eigenvalue weighted by Crippen LogP contribution is -2.25. The number of aryl methyl sites for hydroxylation is 2. The van der Waals surface area contributed by atoms with E-state index in [4.69, 9.17) is 4.74 Å². The van der Waals surface area contributed by atoms with Crippen molar-refractivity contribution in [2.24, 2.45) is 0 Å². The molecular weight excluding hydrogens is 264 g/mol. The number of nitrogens with zero attached hydrogens (tertiary/aromatic N) is 1. The van der Waals surface area contributed by atoms with Gasteiger partial charge < -0.3 is 10.1 Å². The molecule has 110 valence electrons. The Labute approximate surface area is 125 Å². The number of carbonyl (C=O) groups is 1. The van der Waals surface area contributed by atoms with Gasteiger partial charge in [0, 0.05) is 11.8 Å². The minimum absolute atomic E-state index is 0.0396. The van der Waals surface area contributed by atoms with Gasteiger partial charge in [-0.25, -0.2) is 0 Å². The van der Waals surface area contributed by atoms with Gasteiger partial charge in [0.1, 0.15) is 5.75 Å². The number of amides is 1. The summed E-state index contributed by atoms with van der Waals surface area (Å²) in [7, 11) is 1.62. The van der Waals surface area contributed by atoms with Crippen molar-refractivity contribution in [3.05, 3.63) is 58.9 Å².